The van der Waals surface area contributed by atoms with Crippen molar-refractivity contribution in [1.29, 1.82) is 0 Å². The molecule has 0 unspecified atom stereocenters. The smallest absolute Gasteiger partial charge is 0.295 e. The van der Waals surface area contributed by atoms with Gasteiger partial charge in [-0.05, 0) is 72.1 Å². The van der Waals surface area contributed by atoms with Gasteiger partial charge in [-0.15, -0.1) is 0 Å². The van der Waals surface area contributed by atoms with Crippen LogP contribution in [0, 0.1) is 6.92 Å². The number of aliphatic hydroxyl groups is 1. The molecule has 2 heterocycles. The van der Waals surface area contributed by atoms with E-state index < -0.39 is 17.7 Å². The fourth-order valence-corrected chi connectivity index (χ4v) is 5.00. The van der Waals surface area contributed by atoms with Crippen molar-refractivity contribution in [3.8, 4) is 5.75 Å². The molecule has 0 radical (unpaired) electrons. The van der Waals surface area contributed by atoms with Gasteiger partial charge in [-0.25, -0.2) is 0 Å². The number of rotatable bonds is 7. The third-order valence-corrected chi connectivity index (χ3v) is 6.92. The summed E-state index contributed by atoms with van der Waals surface area (Å²) in [5.41, 5.74) is 4.24. The minimum Gasteiger partial charge on any atom is -0.507 e. The predicted octanol–water partition coefficient (Wildman–Crippen LogP) is 6.35. The molecular formula is C31H25BrN2O4. The predicted molar refractivity (Wildman–Crippen MR) is 148 cm³/mol. The molecule has 1 aliphatic rings. The second kappa shape index (κ2) is 11.0. The average molecular weight is 569 g/mol. The van der Waals surface area contributed by atoms with Crippen LogP contribution in [0.25, 0.3) is 5.76 Å². The average Bonchev–Trinajstić information content (AvgIpc) is 3.17. The molecule has 1 fully saturated rings. The van der Waals surface area contributed by atoms with Crippen molar-refractivity contribution in [2.24, 2.45) is 0 Å². The second-order valence-corrected chi connectivity index (χ2v) is 10.1. The van der Waals surface area contributed by atoms with E-state index in [1.165, 1.54) is 4.90 Å². The van der Waals surface area contributed by atoms with Crippen LogP contribution in [0.15, 0.2) is 107 Å². The van der Waals surface area contributed by atoms with Crippen molar-refractivity contribution in [1.82, 2.24) is 9.88 Å². The van der Waals surface area contributed by atoms with Crippen LogP contribution in [0.1, 0.15) is 33.9 Å². The lowest BCUT2D eigenvalue weighted by Gasteiger charge is -2.25. The van der Waals surface area contributed by atoms with Crippen LogP contribution < -0.4 is 4.74 Å². The lowest BCUT2D eigenvalue weighted by Crippen LogP contribution is -2.29. The van der Waals surface area contributed by atoms with Gasteiger partial charge in [-0.1, -0.05) is 57.9 Å². The third-order valence-electron chi connectivity index (χ3n) is 6.42. The summed E-state index contributed by atoms with van der Waals surface area (Å²) in [6.07, 6.45) is 3.28. The maximum Gasteiger partial charge on any atom is 0.295 e. The normalized spacial score (nSPS) is 16.6. The number of aryl methyl sites for hydroxylation is 1. The SMILES string of the molecule is Cc1cccc(COc2ccc(C(O)=C3C(=O)C(=O)N(Cc4ccncc4)[C@H]3c3cccc(Br)c3)cc2)c1. The number of halogens is 1. The second-order valence-electron chi connectivity index (χ2n) is 9.14. The number of benzene rings is 3. The number of aromatic nitrogens is 1. The van der Waals surface area contributed by atoms with Crippen molar-refractivity contribution >= 4 is 33.4 Å². The van der Waals surface area contributed by atoms with Crippen molar-refractivity contribution in [2.75, 3.05) is 0 Å². The molecule has 5 rings (SSSR count). The Kier molecular flexibility index (Phi) is 7.38. The van der Waals surface area contributed by atoms with Gasteiger partial charge in [0.15, 0.2) is 0 Å². The largest absolute Gasteiger partial charge is 0.507 e. The summed E-state index contributed by atoms with van der Waals surface area (Å²) in [5.74, 6) is -0.978. The maximum absolute atomic E-state index is 13.3. The van der Waals surface area contributed by atoms with E-state index in [1.807, 2.05) is 49.4 Å². The Hall–Kier alpha value is -4.23. The van der Waals surface area contributed by atoms with E-state index in [0.717, 1.165) is 21.2 Å². The van der Waals surface area contributed by atoms with E-state index in [9.17, 15) is 14.7 Å². The maximum atomic E-state index is 13.3. The molecule has 1 atom stereocenters. The molecule has 1 N–H and O–H groups in total. The first-order valence-corrected chi connectivity index (χ1v) is 12.9. The summed E-state index contributed by atoms with van der Waals surface area (Å²) in [6, 6.07) is 25.2. The number of pyridine rings is 1. The van der Waals surface area contributed by atoms with Crippen LogP contribution in [-0.2, 0) is 22.7 Å². The van der Waals surface area contributed by atoms with Gasteiger partial charge in [0, 0.05) is 29.0 Å². The molecule has 0 spiro atoms. The van der Waals surface area contributed by atoms with Gasteiger partial charge in [-0.3, -0.25) is 14.6 Å². The Bertz CT molecular complexity index is 1520. The Morgan fingerprint density at radius 2 is 1.68 bits per heavy atom. The van der Waals surface area contributed by atoms with Gasteiger partial charge >= 0.3 is 0 Å². The zero-order chi connectivity index (χ0) is 26.6. The van der Waals surface area contributed by atoms with Crippen LogP contribution in [0.4, 0.5) is 0 Å². The highest BCUT2D eigenvalue weighted by Gasteiger charge is 2.46. The third kappa shape index (κ3) is 5.38. The molecule has 190 valence electrons. The molecule has 1 saturated heterocycles. The highest BCUT2D eigenvalue weighted by molar-refractivity contribution is 9.10. The van der Waals surface area contributed by atoms with Gasteiger partial charge in [-0.2, -0.15) is 0 Å². The first-order chi connectivity index (χ1) is 18.4. The van der Waals surface area contributed by atoms with Gasteiger partial charge in [0.25, 0.3) is 11.7 Å². The van der Waals surface area contributed by atoms with Gasteiger partial charge in [0.2, 0.25) is 0 Å². The molecule has 0 saturated carbocycles. The molecule has 3 aromatic carbocycles. The minimum absolute atomic E-state index is 0.0515. The van der Waals surface area contributed by atoms with Crippen molar-refractivity contribution in [3.63, 3.8) is 0 Å². The van der Waals surface area contributed by atoms with Crippen LogP contribution in [-0.4, -0.2) is 26.7 Å². The molecule has 38 heavy (non-hydrogen) atoms. The molecule has 1 aromatic heterocycles. The van der Waals surface area contributed by atoms with Crippen LogP contribution in [0.3, 0.4) is 0 Å². The van der Waals surface area contributed by atoms with E-state index in [2.05, 4.69) is 27.0 Å². The lowest BCUT2D eigenvalue weighted by molar-refractivity contribution is -0.140. The summed E-state index contributed by atoms with van der Waals surface area (Å²) in [7, 11) is 0. The number of nitrogens with zero attached hydrogens (tertiary/aromatic N) is 2. The number of Topliss-reactive ketones (excluding diaryl/α,β-unsaturated/α-hetero) is 1. The number of aliphatic hydroxyl groups excluding tert-OH is 1. The number of carbonyl (C=O) groups is 2. The summed E-state index contributed by atoms with van der Waals surface area (Å²) >= 11 is 3.48. The highest BCUT2D eigenvalue weighted by atomic mass is 79.9. The van der Waals surface area contributed by atoms with E-state index in [1.54, 1.807) is 48.8 Å². The molecule has 1 amide bonds. The number of hydrogen-bond acceptors (Lipinski definition) is 5. The standard InChI is InChI=1S/C31H25BrN2O4/c1-20-4-2-5-22(16-20)19-38-26-10-8-23(9-11-26)29(35)27-28(24-6-3-7-25(32)17-24)34(31(37)30(27)36)18-21-12-14-33-15-13-21/h2-17,28,35H,18-19H2,1H3/t28-/m0/s1. The molecular weight excluding hydrogens is 544 g/mol. The molecule has 0 bridgehead atoms. The zero-order valence-corrected chi connectivity index (χ0v) is 22.3. The molecule has 7 heteroatoms. The fourth-order valence-electron chi connectivity index (χ4n) is 4.58. The molecule has 0 aliphatic carbocycles. The molecule has 1 aliphatic heterocycles. The topological polar surface area (TPSA) is 79.7 Å². The number of ketones is 1. The summed E-state index contributed by atoms with van der Waals surface area (Å²) in [4.78, 5) is 32.0. The quantitative estimate of drug-likeness (QED) is 0.159. The van der Waals surface area contributed by atoms with Crippen molar-refractivity contribution in [3.05, 3.63) is 135 Å². The van der Waals surface area contributed by atoms with Crippen molar-refractivity contribution in [2.45, 2.75) is 26.1 Å². The van der Waals surface area contributed by atoms with E-state index in [4.69, 9.17) is 4.74 Å². The van der Waals surface area contributed by atoms with Crippen LogP contribution in [0.5, 0.6) is 5.75 Å². The zero-order valence-electron chi connectivity index (χ0n) is 20.7. The lowest BCUT2D eigenvalue weighted by atomic mass is 9.95. The summed E-state index contributed by atoms with van der Waals surface area (Å²) in [6.45, 7) is 2.64. The Labute approximate surface area is 229 Å². The Balaban J connectivity index is 1.47. The van der Waals surface area contributed by atoms with Gasteiger partial charge < -0.3 is 14.7 Å². The van der Waals surface area contributed by atoms with E-state index >= 15 is 0 Å². The number of hydrogen-bond donors (Lipinski definition) is 1. The van der Waals surface area contributed by atoms with Gasteiger partial charge in [0.05, 0.1) is 11.6 Å². The first kappa shape index (κ1) is 25.4. The number of likely N-dealkylation sites (tertiary alicyclic amines) is 1. The number of ether oxygens (including phenoxy) is 1. The molecule has 4 aromatic rings. The monoisotopic (exact) mass is 568 g/mol. The summed E-state index contributed by atoms with van der Waals surface area (Å²) < 4.78 is 6.70. The highest BCUT2D eigenvalue weighted by Crippen LogP contribution is 2.41. The Morgan fingerprint density at radius 1 is 0.947 bits per heavy atom. The minimum atomic E-state index is -0.752. The van der Waals surface area contributed by atoms with Crippen LogP contribution >= 0.6 is 15.9 Å². The van der Waals surface area contributed by atoms with Gasteiger partial charge in [0.1, 0.15) is 18.1 Å². The Morgan fingerprint density at radius 3 is 2.39 bits per heavy atom. The first-order valence-electron chi connectivity index (χ1n) is 12.1. The number of carbonyl (C=O) groups excluding carboxylic acids is 2. The van der Waals surface area contributed by atoms with Crippen molar-refractivity contribution < 1.29 is 19.4 Å². The van der Waals surface area contributed by atoms with E-state index in [-0.39, 0.29) is 17.9 Å². The van der Waals surface area contributed by atoms with Crippen LogP contribution in [0.2, 0.25) is 0 Å². The number of amides is 1. The summed E-state index contributed by atoms with van der Waals surface area (Å²) in [5, 5.41) is 11.3. The fraction of sp³-hybridized carbons (Fsp3) is 0.129. The molecule has 6 nitrogen and oxygen atoms in total. The van der Waals surface area contributed by atoms with E-state index in [0.29, 0.717) is 23.5 Å².